The van der Waals surface area contributed by atoms with Crippen molar-refractivity contribution < 1.29 is 22.7 Å². The van der Waals surface area contributed by atoms with Gasteiger partial charge in [-0.1, -0.05) is 30.3 Å². The molecule has 0 radical (unpaired) electrons. The van der Waals surface area contributed by atoms with Gasteiger partial charge in [0, 0.05) is 37.8 Å². The molecule has 2 aliphatic rings. The van der Waals surface area contributed by atoms with Crippen molar-refractivity contribution in [2.75, 3.05) is 19.7 Å². The minimum absolute atomic E-state index is 0.105. The molecule has 184 valence electrons. The summed E-state index contributed by atoms with van der Waals surface area (Å²) in [5, 5.41) is 0. The highest BCUT2D eigenvalue weighted by molar-refractivity contribution is 5.93. The minimum Gasteiger partial charge on any atom is -0.491 e. The number of amides is 1. The summed E-state index contributed by atoms with van der Waals surface area (Å²) in [4.78, 5) is 31.7. The van der Waals surface area contributed by atoms with Crippen LogP contribution in [0.5, 0.6) is 5.75 Å². The van der Waals surface area contributed by atoms with E-state index in [0.29, 0.717) is 30.2 Å². The molecule has 4 aromatic rings. The highest BCUT2D eigenvalue weighted by atomic mass is 19.4. The van der Waals surface area contributed by atoms with Crippen molar-refractivity contribution >= 4 is 17.2 Å². The van der Waals surface area contributed by atoms with E-state index >= 15 is 0 Å². The number of pyridine rings is 1. The third-order valence-corrected chi connectivity index (χ3v) is 6.96. The van der Waals surface area contributed by atoms with Crippen LogP contribution in [0.15, 0.2) is 54.9 Å². The van der Waals surface area contributed by atoms with Gasteiger partial charge >= 0.3 is 6.18 Å². The third-order valence-electron chi connectivity index (χ3n) is 6.96. The highest BCUT2D eigenvalue weighted by Crippen LogP contribution is 2.52. The molecule has 1 aromatic carbocycles. The van der Waals surface area contributed by atoms with Crippen LogP contribution >= 0.6 is 0 Å². The Morgan fingerprint density at radius 1 is 1.06 bits per heavy atom. The first-order chi connectivity index (χ1) is 17.3. The van der Waals surface area contributed by atoms with Gasteiger partial charge in [0.2, 0.25) is 0 Å². The van der Waals surface area contributed by atoms with Gasteiger partial charge in [0.15, 0.2) is 17.0 Å². The van der Waals surface area contributed by atoms with Crippen molar-refractivity contribution in [1.29, 1.82) is 0 Å². The summed E-state index contributed by atoms with van der Waals surface area (Å²) in [5.41, 5.74) is 1.11. The lowest BCUT2D eigenvalue weighted by atomic mass is 10.2. The van der Waals surface area contributed by atoms with E-state index in [2.05, 4.69) is 19.9 Å². The molecule has 11 heteroatoms. The lowest BCUT2D eigenvalue weighted by molar-refractivity contribution is -0.142. The molecular weight excluding hydrogens is 473 g/mol. The van der Waals surface area contributed by atoms with E-state index in [4.69, 9.17) is 4.74 Å². The van der Waals surface area contributed by atoms with Crippen molar-refractivity contribution in [3.8, 4) is 17.1 Å². The highest BCUT2D eigenvalue weighted by Gasteiger charge is 2.57. The zero-order valence-electron chi connectivity index (χ0n) is 19.2. The van der Waals surface area contributed by atoms with E-state index in [1.165, 1.54) is 18.3 Å². The van der Waals surface area contributed by atoms with Gasteiger partial charge in [-0.3, -0.25) is 4.79 Å². The van der Waals surface area contributed by atoms with Crippen LogP contribution in [0.25, 0.3) is 22.7 Å². The molecule has 1 unspecified atom stereocenters. The number of halogens is 3. The number of hydrogen-bond donors (Lipinski definition) is 0. The number of fused-ring (bicyclic) bond motifs is 2. The zero-order valence-corrected chi connectivity index (χ0v) is 19.2. The van der Waals surface area contributed by atoms with Crippen LogP contribution in [0.1, 0.15) is 16.2 Å². The fourth-order valence-electron chi connectivity index (χ4n) is 5.04. The summed E-state index contributed by atoms with van der Waals surface area (Å²) in [6.45, 7) is 1.18. The Labute approximate surface area is 203 Å². The molecule has 1 amide bonds. The van der Waals surface area contributed by atoms with Gasteiger partial charge in [0.1, 0.15) is 17.3 Å². The van der Waals surface area contributed by atoms with Crippen LogP contribution in [-0.4, -0.2) is 55.0 Å². The number of ether oxygens (including phenoxy) is 1. The van der Waals surface area contributed by atoms with Crippen LogP contribution in [0, 0.1) is 17.8 Å². The van der Waals surface area contributed by atoms with E-state index in [-0.39, 0.29) is 41.7 Å². The number of nitrogens with zero attached hydrogens (tertiary/aromatic N) is 6. The number of hydrogen-bond acceptors (Lipinski definition) is 6. The summed E-state index contributed by atoms with van der Waals surface area (Å²) in [6.07, 6.45) is -2.01. The molecule has 3 aromatic heterocycles. The largest absolute Gasteiger partial charge is 0.491 e. The first-order valence-corrected chi connectivity index (χ1v) is 11.5. The lowest BCUT2D eigenvalue weighted by Crippen LogP contribution is -2.33. The summed E-state index contributed by atoms with van der Waals surface area (Å²) in [6, 6.07) is 12.4. The molecule has 0 spiro atoms. The summed E-state index contributed by atoms with van der Waals surface area (Å²) in [7, 11) is 1.85. The Morgan fingerprint density at radius 3 is 2.53 bits per heavy atom. The molecule has 1 saturated heterocycles. The minimum atomic E-state index is -4.57. The number of alkyl halides is 3. The number of aromatic nitrogens is 5. The van der Waals surface area contributed by atoms with Crippen molar-refractivity contribution in [2.45, 2.75) is 6.18 Å². The Balaban J connectivity index is 1.11. The molecule has 8 nitrogen and oxygen atoms in total. The van der Waals surface area contributed by atoms with Gasteiger partial charge in [-0.15, -0.1) is 0 Å². The molecule has 3 atom stereocenters. The summed E-state index contributed by atoms with van der Waals surface area (Å²) < 4.78 is 46.7. The normalized spacial score (nSPS) is 21.0. The lowest BCUT2D eigenvalue weighted by Gasteiger charge is -2.19. The summed E-state index contributed by atoms with van der Waals surface area (Å²) >= 11 is 0. The molecule has 4 heterocycles. The van der Waals surface area contributed by atoms with Crippen molar-refractivity contribution in [2.24, 2.45) is 24.8 Å². The smallest absolute Gasteiger partial charge is 0.437 e. The second-order valence-electron chi connectivity index (χ2n) is 9.12. The van der Waals surface area contributed by atoms with E-state index < -0.39 is 11.9 Å². The quantitative estimate of drug-likeness (QED) is 0.419. The van der Waals surface area contributed by atoms with Crippen molar-refractivity contribution in [3.05, 3.63) is 66.2 Å². The van der Waals surface area contributed by atoms with Crippen molar-refractivity contribution in [3.63, 3.8) is 0 Å². The Hall–Kier alpha value is -4.02. The van der Waals surface area contributed by atoms with Gasteiger partial charge in [-0.2, -0.15) is 13.2 Å². The molecule has 2 fully saturated rings. The van der Waals surface area contributed by atoms with E-state index in [9.17, 15) is 18.0 Å². The number of piperidine rings is 1. The average molecular weight is 494 g/mol. The maximum atomic E-state index is 13.1. The van der Waals surface area contributed by atoms with Crippen molar-refractivity contribution in [1.82, 2.24) is 29.4 Å². The number of imidazole rings is 1. The molecule has 36 heavy (non-hydrogen) atoms. The number of benzene rings is 1. The monoisotopic (exact) mass is 494 g/mol. The van der Waals surface area contributed by atoms with Gasteiger partial charge in [-0.25, -0.2) is 19.9 Å². The van der Waals surface area contributed by atoms with Crippen LogP contribution in [0.3, 0.4) is 0 Å². The van der Waals surface area contributed by atoms with Gasteiger partial charge < -0.3 is 14.2 Å². The number of carbonyl (C=O) groups is 1. The topological polar surface area (TPSA) is 86.0 Å². The van der Waals surface area contributed by atoms with E-state index in [1.807, 2.05) is 41.9 Å². The van der Waals surface area contributed by atoms with Crippen LogP contribution in [0.2, 0.25) is 0 Å². The molecule has 0 N–H and O–H groups in total. The number of carbonyl (C=O) groups excluding carboxylic acids is 1. The molecule has 1 aliphatic carbocycles. The number of aryl methyl sites for hydroxylation is 1. The third kappa shape index (κ3) is 3.84. The van der Waals surface area contributed by atoms with Gasteiger partial charge in [-0.05, 0) is 24.0 Å². The number of likely N-dealkylation sites (tertiary alicyclic amines) is 1. The Kier molecular flexibility index (Phi) is 5.16. The van der Waals surface area contributed by atoms with Gasteiger partial charge in [0.05, 0.1) is 12.8 Å². The summed E-state index contributed by atoms with van der Waals surface area (Å²) in [5.74, 6) is 0.703. The standard InChI is InChI=1S/C25H21F3N6O2/c1-33-22(14-6-3-2-4-7-14)32-21-23(33)30-10-18(31-21)24(35)34-11-15-16(12-34)17(15)13-36-19-8-5-9-29-20(19)25(26,27)28/h2-10,15-17H,11-13H2,1H3/t15-,16+,17?. The zero-order chi connectivity index (χ0) is 25.0. The molecule has 1 saturated carbocycles. The Bertz CT molecular complexity index is 1440. The van der Waals surface area contributed by atoms with Crippen LogP contribution in [0.4, 0.5) is 13.2 Å². The second kappa shape index (κ2) is 8.28. The van der Waals surface area contributed by atoms with Crippen LogP contribution < -0.4 is 4.74 Å². The fraction of sp³-hybridized carbons (Fsp3) is 0.320. The molecule has 1 aliphatic heterocycles. The molecule has 0 bridgehead atoms. The fourth-order valence-corrected chi connectivity index (χ4v) is 5.04. The predicted molar refractivity (Wildman–Crippen MR) is 123 cm³/mol. The number of rotatable bonds is 5. The SMILES string of the molecule is Cn1c(-c2ccccc2)nc2nc(C(=O)N3C[C@@H]4C(COc5cccnc5C(F)(F)F)[C@@H]4C3)cnc21. The van der Waals surface area contributed by atoms with E-state index in [1.54, 1.807) is 4.90 Å². The van der Waals surface area contributed by atoms with E-state index in [0.717, 1.165) is 11.8 Å². The first-order valence-electron chi connectivity index (χ1n) is 11.5. The second-order valence-corrected chi connectivity index (χ2v) is 9.12. The molecule has 6 rings (SSSR count). The van der Waals surface area contributed by atoms with Gasteiger partial charge in [0.25, 0.3) is 5.91 Å². The maximum Gasteiger partial charge on any atom is 0.437 e. The average Bonchev–Trinajstić information content (AvgIpc) is 3.18. The predicted octanol–water partition coefficient (Wildman–Crippen LogP) is 3.84. The first kappa shape index (κ1) is 22.4. The molecular formula is C25H21F3N6O2. The van der Waals surface area contributed by atoms with Crippen LogP contribution in [-0.2, 0) is 13.2 Å². The Morgan fingerprint density at radius 2 is 1.81 bits per heavy atom. The maximum absolute atomic E-state index is 13.1.